The molecule has 0 N–H and O–H groups in total. The van der Waals surface area contributed by atoms with Gasteiger partial charge in [-0.15, -0.1) is 0 Å². The average molecular weight is 571 g/mol. The Morgan fingerprint density at radius 3 is 1.52 bits per heavy atom. The zero-order valence-corrected chi connectivity index (χ0v) is 24.9. The first-order valence-corrected chi connectivity index (χ1v) is 15.7. The minimum absolute atomic E-state index is 0.226. The molecule has 1 aliphatic rings. The summed E-state index contributed by atoms with van der Waals surface area (Å²) in [5.41, 5.74) is 3.74. The lowest BCUT2D eigenvalue weighted by molar-refractivity contribution is 0.206. The molecule has 0 aromatic heterocycles. The maximum Gasteiger partial charge on any atom is 0.118 e. The van der Waals surface area contributed by atoms with Crippen LogP contribution in [0.4, 0.5) is 0 Å². The number of rotatable bonds is 9. The smallest absolute Gasteiger partial charge is 0.118 e. The lowest BCUT2D eigenvalue weighted by Gasteiger charge is -2.28. The van der Waals surface area contributed by atoms with Gasteiger partial charge in [-0.1, -0.05) is 109 Å². The molecular formula is C37H35N2O2P. The first-order chi connectivity index (χ1) is 20.7. The normalized spacial score (nSPS) is 16.7. The van der Waals surface area contributed by atoms with E-state index in [1.165, 1.54) is 27.0 Å². The Morgan fingerprint density at radius 1 is 0.595 bits per heavy atom. The molecule has 1 fully saturated rings. The number of methoxy groups -OCH3 is 2. The summed E-state index contributed by atoms with van der Waals surface area (Å²) in [6.45, 7) is 0. The van der Waals surface area contributed by atoms with Gasteiger partial charge in [0.1, 0.15) is 11.5 Å². The molecule has 5 aromatic rings. The van der Waals surface area contributed by atoms with E-state index in [1.54, 1.807) is 14.2 Å². The van der Waals surface area contributed by atoms with Crippen LogP contribution in [0.25, 0.3) is 0 Å². The van der Waals surface area contributed by atoms with Crippen molar-refractivity contribution in [1.82, 2.24) is 5.01 Å². The zero-order chi connectivity index (χ0) is 28.7. The summed E-state index contributed by atoms with van der Waals surface area (Å²) in [7, 11) is 2.55. The molecule has 0 amide bonds. The molecule has 0 aliphatic carbocycles. The second-order valence-electron chi connectivity index (χ2n) is 10.3. The lowest BCUT2D eigenvalue weighted by atomic mass is 10.0. The fourth-order valence-corrected chi connectivity index (χ4v) is 8.14. The molecule has 0 bridgehead atoms. The van der Waals surface area contributed by atoms with Gasteiger partial charge < -0.3 is 9.47 Å². The van der Waals surface area contributed by atoms with Gasteiger partial charge in [-0.3, -0.25) is 5.01 Å². The van der Waals surface area contributed by atoms with Crippen LogP contribution in [-0.2, 0) is 0 Å². The standard InChI is InChI=1S/C37H35N2O2P/c1-40-31-17-21-33(22-18-31)42(34-23-19-32(41-2)20-24-34)37-16-10-9-15-30(37)27-38-39-35(28-11-5-3-6-12-28)25-26-36(39)29-13-7-4-8-14-29/h3-24,27,35-36H,25-26H2,1-2H3/b38-27+/t35-,36-/m0/s1. The SMILES string of the molecule is COc1ccc(P(c2ccc(OC)cc2)c2ccccc2/C=N/N2[C@H](c3ccccc3)CC[C@H]2c2ccccc2)cc1. The van der Waals surface area contributed by atoms with Crippen molar-refractivity contribution in [2.45, 2.75) is 24.9 Å². The Balaban J connectivity index is 1.41. The molecular weight excluding hydrogens is 535 g/mol. The molecule has 0 spiro atoms. The second kappa shape index (κ2) is 13.1. The van der Waals surface area contributed by atoms with Crippen LogP contribution in [-0.4, -0.2) is 25.4 Å². The van der Waals surface area contributed by atoms with Gasteiger partial charge in [0.2, 0.25) is 0 Å². The summed E-state index contributed by atoms with van der Waals surface area (Å²) in [5.74, 6) is 1.71. The van der Waals surface area contributed by atoms with E-state index in [2.05, 4.69) is 120 Å². The minimum atomic E-state index is -0.856. The Morgan fingerprint density at radius 2 is 1.05 bits per heavy atom. The van der Waals surface area contributed by atoms with Crippen molar-refractivity contribution in [1.29, 1.82) is 0 Å². The van der Waals surface area contributed by atoms with Gasteiger partial charge >= 0.3 is 0 Å². The molecule has 210 valence electrons. The molecule has 4 nitrogen and oxygen atoms in total. The summed E-state index contributed by atoms with van der Waals surface area (Å²) in [6, 6.07) is 47.6. The van der Waals surface area contributed by atoms with Crippen LogP contribution in [0.2, 0.25) is 0 Å². The third-order valence-electron chi connectivity index (χ3n) is 7.89. The van der Waals surface area contributed by atoms with E-state index in [9.17, 15) is 0 Å². The Hall–Kier alpha value is -4.40. The third-order valence-corrected chi connectivity index (χ3v) is 10.4. The maximum absolute atomic E-state index is 5.47. The summed E-state index contributed by atoms with van der Waals surface area (Å²) in [6.07, 6.45) is 4.20. The molecule has 1 saturated heterocycles. The monoisotopic (exact) mass is 570 g/mol. The van der Waals surface area contributed by atoms with Crippen molar-refractivity contribution in [3.05, 3.63) is 150 Å². The van der Waals surface area contributed by atoms with Crippen LogP contribution in [0.15, 0.2) is 139 Å². The topological polar surface area (TPSA) is 34.1 Å². The van der Waals surface area contributed by atoms with E-state index in [1.807, 2.05) is 24.3 Å². The molecule has 5 heteroatoms. The quantitative estimate of drug-likeness (QED) is 0.137. The van der Waals surface area contributed by atoms with Crippen LogP contribution in [0.5, 0.6) is 11.5 Å². The summed E-state index contributed by atoms with van der Waals surface area (Å²) in [5, 5.41) is 11.4. The van der Waals surface area contributed by atoms with Gasteiger partial charge in [-0.25, -0.2) is 0 Å². The fraction of sp³-hybridized carbons (Fsp3) is 0.162. The number of ether oxygens (including phenoxy) is 2. The van der Waals surface area contributed by atoms with E-state index in [0.29, 0.717) is 0 Å². The molecule has 0 radical (unpaired) electrons. The van der Waals surface area contributed by atoms with Crippen molar-refractivity contribution in [2.24, 2.45) is 5.10 Å². The highest BCUT2D eigenvalue weighted by molar-refractivity contribution is 7.80. The average Bonchev–Trinajstić information content (AvgIpc) is 3.50. The van der Waals surface area contributed by atoms with Gasteiger partial charge in [-0.05, 0) is 72.1 Å². The lowest BCUT2D eigenvalue weighted by Crippen LogP contribution is -2.24. The fourth-order valence-electron chi connectivity index (χ4n) is 5.77. The molecule has 1 heterocycles. The van der Waals surface area contributed by atoms with E-state index >= 15 is 0 Å². The largest absolute Gasteiger partial charge is 0.497 e. The van der Waals surface area contributed by atoms with E-state index in [-0.39, 0.29) is 12.1 Å². The summed E-state index contributed by atoms with van der Waals surface area (Å²) < 4.78 is 10.9. The van der Waals surface area contributed by atoms with Gasteiger partial charge in [0.05, 0.1) is 32.5 Å². The van der Waals surface area contributed by atoms with Gasteiger partial charge in [0.15, 0.2) is 0 Å². The zero-order valence-electron chi connectivity index (χ0n) is 24.0. The van der Waals surface area contributed by atoms with Crippen LogP contribution in [0.3, 0.4) is 0 Å². The van der Waals surface area contributed by atoms with Crippen LogP contribution in [0, 0.1) is 0 Å². The maximum atomic E-state index is 5.47. The Kier molecular flexibility index (Phi) is 8.63. The molecule has 42 heavy (non-hydrogen) atoms. The van der Waals surface area contributed by atoms with Crippen molar-refractivity contribution >= 4 is 30.0 Å². The first kappa shape index (κ1) is 27.8. The van der Waals surface area contributed by atoms with Gasteiger partial charge in [0.25, 0.3) is 0 Å². The predicted octanol–water partition coefficient (Wildman–Crippen LogP) is 7.37. The van der Waals surface area contributed by atoms with E-state index in [4.69, 9.17) is 14.6 Å². The minimum Gasteiger partial charge on any atom is -0.497 e. The molecule has 2 atom stereocenters. The molecule has 0 saturated carbocycles. The number of benzene rings is 5. The van der Waals surface area contributed by atoms with E-state index in [0.717, 1.165) is 29.9 Å². The van der Waals surface area contributed by atoms with E-state index < -0.39 is 7.92 Å². The van der Waals surface area contributed by atoms with Crippen molar-refractivity contribution in [3.8, 4) is 11.5 Å². The Labute approximate surface area is 250 Å². The molecule has 5 aromatic carbocycles. The van der Waals surface area contributed by atoms with Crippen molar-refractivity contribution in [3.63, 3.8) is 0 Å². The number of hydrogen-bond acceptors (Lipinski definition) is 4. The summed E-state index contributed by atoms with van der Waals surface area (Å²) in [4.78, 5) is 0. The predicted molar refractivity (Wildman–Crippen MR) is 175 cm³/mol. The number of hydrazone groups is 1. The third kappa shape index (κ3) is 5.95. The van der Waals surface area contributed by atoms with Gasteiger partial charge in [-0.2, -0.15) is 5.10 Å². The highest BCUT2D eigenvalue weighted by Gasteiger charge is 2.34. The van der Waals surface area contributed by atoms with Crippen LogP contribution >= 0.6 is 7.92 Å². The highest BCUT2D eigenvalue weighted by Crippen LogP contribution is 2.44. The second-order valence-corrected chi connectivity index (χ2v) is 12.5. The molecule has 0 unspecified atom stereocenters. The molecule has 1 aliphatic heterocycles. The van der Waals surface area contributed by atoms with Crippen LogP contribution in [0.1, 0.15) is 41.6 Å². The first-order valence-electron chi connectivity index (χ1n) is 14.3. The Bertz CT molecular complexity index is 1510. The van der Waals surface area contributed by atoms with Crippen molar-refractivity contribution in [2.75, 3.05) is 14.2 Å². The van der Waals surface area contributed by atoms with Gasteiger partial charge in [0, 0.05) is 5.56 Å². The van der Waals surface area contributed by atoms with Crippen LogP contribution < -0.4 is 25.4 Å². The van der Waals surface area contributed by atoms with Crippen molar-refractivity contribution < 1.29 is 9.47 Å². The number of hydrogen-bond donors (Lipinski definition) is 0. The molecule has 6 rings (SSSR count). The highest BCUT2D eigenvalue weighted by atomic mass is 31.1. The number of nitrogens with zero attached hydrogens (tertiary/aromatic N) is 2. The summed E-state index contributed by atoms with van der Waals surface area (Å²) >= 11 is 0.